The van der Waals surface area contributed by atoms with Crippen LogP contribution in [0.3, 0.4) is 0 Å². The number of nitrogens with zero attached hydrogens (tertiary/aromatic N) is 3. The van der Waals surface area contributed by atoms with E-state index in [9.17, 15) is 18.0 Å². The van der Waals surface area contributed by atoms with Crippen LogP contribution >= 0.6 is 0 Å². The molecule has 0 atom stereocenters. The van der Waals surface area contributed by atoms with Gasteiger partial charge in [-0.05, 0) is 12.1 Å². The van der Waals surface area contributed by atoms with E-state index in [0.29, 0.717) is 24.1 Å². The SMILES string of the molecule is C#CCO/N=C/CCNC(=O)c1ccc(-c2noc(C(F)(F)F)n2)cc1. The highest BCUT2D eigenvalue weighted by Gasteiger charge is 2.38. The molecular weight excluding hydrogens is 353 g/mol. The van der Waals surface area contributed by atoms with Crippen molar-refractivity contribution in [1.29, 1.82) is 0 Å². The molecular formula is C16H13F3N4O3. The molecule has 0 bridgehead atoms. The predicted octanol–water partition coefficient (Wildman–Crippen LogP) is 2.51. The van der Waals surface area contributed by atoms with Gasteiger partial charge in [0.25, 0.3) is 5.91 Å². The van der Waals surface area contributed by atoms with Crippen LogP contribution in [0.4, 0.5) is 13.2 Å². The number of benzene rings is 1. The molecule has 0 aliphatic rings. The maximum Gasteiger partial charge on any atom is 0.471 e. The molecule has 1 heterocycles. The van der Waals surface area contributed by atoms with Gasteiger partial charge in [-0.3, -0.25) is 4.79 Å². The van der Waals surface area contributed by atoms with E-state index < -0.39 is 12.1 Å². The van der Waals surface area contributed by atoms with E-state index in [0.717, 1.165) is 0 Å². The molecule has 1 amide bonds. The first-order valence-corrected chi connectivity index (χ1v) is 7.28. The number of oxime groups is 1. The molecule has 0 radical (unpaired) electrons. The standard InChI is InChI=1S/C16H13F3N4O3/c1-2-10-25-21-9-3-8-20-14(24)12-6-4-11(5-7-12)13-22-15(26-23-13)16(17,18)19/h1,4-7,9H,3,8,10H2,(H,20,24)/b21-9+. The van der Waals surface area contributed by atoms with E-state index in [1.807, 2.05) is 0 Å². The van der Waals surface area contributed by atoms with E-state index >= 15 is 0 Å². The summed E-state index contributed by atoms with van der Waals surface area (Å²) >= 11 is 0. The number of carbonyl (C=O) groups is 1. The van der Waals surface area contributed by atoms with E-state index in [1.54, 1.807) is 0 Å². The van der Waals surface area contributed by atoms with E-state index in [2.05, 4.69) is 35.9 Å². The molecule has 7 nitrogen and oxygen atoms in total. The number of alkyl halides is 3. The topological polar surface area (TPSA) is 89.6 Å². The first kappa shape index (κ1) is 19.0. The third-order valence-corrected chi connectivity index (χ3v) is 2.93. The summed E-state index contributed by atoms with van der Waals surface area (Å²) in [6, 6.07) is 5.74. The molecule has 10 heteroatoms. The number of nitrogens with one attached hydrogen (secondary N) is 1. The van der Waals surface area contributed by atoms with Gasteiger partial charge in [0.2, 0.25) is 5.82 Å². The van der Waals surface area contributed by atoms with Gasteiger partial charge in [-0.2, -0.15) is 18.2 Å². The van der Waals surface area contributed by atoms with Crippen LogP contribution in [0, 0.1) is 12.3 Å². The van der Waals surface area contributed by atoms with Gasteiger partial charge in [0.1, 0.15) is 0 Å². The number of halogens is 3. The number of rotatable bonds is 7. The summed E-state index contributed by atoms with van der Waals surface area (Å²) in [6.07, 6.45) is 2.17. The molecule has 0 spiro atoms. The summed E-state index contributed by atoms with van der Waals surface area (Å²) in [7, 11) is 0. The lowest BCUT2D eigenvalue weighted by molar-refractivity contribution is -0.159. The van der Waals surface area contributed by atoms with Crippen molar-refractivity contribution in [2.45, 2.75) is 12.6 Å². The van der Waals surface area contributed by atoms with Gasteiger partial charge in [-0.25, -0.2) is 0 Å². The Labute approximate surface area is 146 Å². The smallest absolute Gasteiger partial charge is 0.383 e. The number of amides is 1. The molecule has 136 valence electrons. The van der Waals surface area contributed by atoms with E-state index in [4.69, 9.17) is 6.42 Å². The molecule has 26 heavy (non-hydrogen) atoms. The summed E-state index contributed by atoms with van der Waals surface area (Å²) in [5.41, 5.74) is 0.618. The number of hydrogen-bond donors (Lipinski definition) is 1. The van der Waals surface area contributed by atoms with Gasteiger partial charge in [-0.1, -0.05) is 28.4 Å². The molecule has 0 aliphatic carbocycles. The van der Waals surface area contributed by atoms with Crippen LogP contribution in [0.5, 0.6) is 0 Å². The van der Waals surface area contributed by atoms with Crippen LogP contribution in [0.1, 0.15) is 22.7 Å². The van der Waals surface area contributed by atoms with Gasteiger partial charge in [-0.15, -0.1) is 6.42 Å². The zero-order chi connectivity index (χ0) is 19.0. The second-order valence-corrected chi connectivity index (χ2v) is 4.81. The first-order valence-electron chi connectivity index (χ1n) is 7.28. The summed E-state index contributed by atoms with van der Waals surface area (Å²) in [6.45, 7) is 0.392. The summed E-state index contributed by atoms with van der Waals surface area (Å²) in [5.74, 6) is 0.255. The fourth-order valence-corrected chi connectivity index (χ4v) is 1.76. The fraction of sp³-hybridized carbons (Fsp3) is 0.250. The zero-order valence-corrected chi connectivity index (χ0v) is 13.3. The quantitative estimate of drug-likeness (QED) is 0.352. The van der Waals surface area contributed by atoms with Crippen LogP contribution in [0.25, 0.3) is 11.4 Å². The highest BCUT2D eigenvalue weighted by molar-refractivity contribution is 5.94. The van der Waals surface area contributed by atoms with Gasteiger partial charge >= 0.3 is 12.1 Å². The summed E-state index contributed by atoms with van der Waals surface area (Å²) in [5, 5.41) is 9.50. The molecule has 0 fully saturated rings. The van der Waals surface area contributed by atoms with E-state index in [-0.39, 0.29) is 18.3 Å². The normalized spacial score (nSPS) is 11.3. The van der Waals surface area contributed by atoms with Crippen molar-refractivity contribution in [1.82, 2.24) is 15.5 Å². The molecule has 0 aliphatic heterocycles. The lowest BCUT2D eigenvalue weighted by Crippen LogP contribution is -2.24. The number of terminal acetylenes is 1. The highest BCUT2D eigenvalue weighted by Crippen LogP contribution is 2.29. The van der Waals surface area contributed by atoms with Crippen LogP contribution in [0.15, 0.2) is 33.9 Å². The second kappa shape index (κ2) is 8.66. The van der Waals surface area contributed by atoms with Crippen LogP contribution < -0.4 is 5.32 Å². The molecule has 1 aromatic carbocycles. The van der Waals surface area contributed by atoms with Crippen LogP contribution in [0.2, 0.25) is 0 Å². The Morgan fingerprint density at radius 2 is 2.12 bits per heavy atom. The Bertz CT molecular complexity index is 807. The second-order valence-electron chi connectivity index (χ2n) is 4.81. The molecule has 1 aromatic heterocycles. The third kappa shape index (κ3) is 5.34. The average Bonchev–Trinajstić information content (AvgIpc) is 3.11. The van der Waals surface area contributed by atoms with Crippen LogP contribution in [-0.4, -0.2) is 35.4 Å². The minimum atomic E-state index is -4.71. The third-order valence-electron chi connectivity index (χ3n) is 2.93. The number of carbonyl (C=O) groups excluding carboxylic acids is 1. The maximum absolute atomic E-state index is 12.4. The fourth-order valence-electron chi connectivity index (χ4n) is 1.76. The van der Waals surface area contributed by atoms with Gasteiger partial charge in [0, 0.05) is 30.3 Å². The van der Waals surface area contributed by atoms with Crippen molar-refractivity contribution in [3.63, 3.8) is 0 Å². The Morgan fingerprint density at radius 3 is 2.73 bits per heavy atom. The zero-order valence-electron chi connectivity index (χ0n) is 13.3. The minimum absolute atomic E-state index is 0.0695. The Kier molecular flexibility index (Phi) is 6.32. The Morgan fingerprint density at radius 1 is 1.38 bits per heavy atom. The van der Waals surface area contributed by atoms with Crippen molar-refractivity contribution < 1.29 is 27.3 Å². The Balaban J connectivity index is 1.88. The molecule has 2 aromatic rings. The van der Waals surface area contributed by atoms with Crippen molar-refractivity contribution >= 4 is 12.1 Å². The van der Waals surface area contributed by atoms with Crippen molar-refractivity contribution in [3.05, 3.63) is 35.7 Å². The minimum Gasteiger partial charge on any atom is -0.383 e. The molecule has 2 rings (SSSR count). The van der Waals surface area contributed by atoms with Gasteiger partial charge in [0.05, 0.1) is 0 Å². The molecule has 0 unspecified atom stereocenters. The average molecular weight is 366 g/mol. The highest BCUT2D eigenvalue weighted by atomic mass is 19.4. The first-order chi connectivity index (χ1) is 12.4. The predicted molar refractivity (Wildman–Crippen MR) is 85.0 cm³/mol. The Hall–Kier alpha value is -3.35. The lowest BCUT2D eigenvalue weighted by Gasteiger charge is -2.03. The van der Waals surface area contributed by atoms with Crippen molar-refractivity contribution in [3.8, 4) is 23.7 Å². The van der Waals surface area contributed by atoms with Gasteiger partial charge < -0.3 is 14.7 Å². The van der Waals surface area contributed by atoms with Crippen molar-refractivity contribution in [2.75, 3.05) is 13.2 Å². The maximum atomic E-state index is 12.4. The van der Waals surface area contributed by atoms with Crippen LogP contribution in [-0.2, 0) is 11.0 Å². The van der Waals surface area contributed by atoms with Crippen molar-refractivity contribution in [2.24, 2.45) is 5.16 Å². The molecule has 1 N–H and O–H groups in total. The summed E-state index contributed by atoms with van der Waals surface area (Å²) < 4.78 is 41.5. The molecule has 0 saturated carbocycles. The van der Waals surface area contributed by atoms with E-state index in [1.165, 1.54) is 30.5 Å². The summed E-state index contributed by atoms with van der Waals surface area (Å²) in [4.78, 5) is 19.9. The van der Waals surface area contributed by atoms with Gasteiger partial charge in [0.15, 0.2) is 6.61 Å². The lowest BCUT2D eigenvalue weighted by atomic mass is 10.1. The largest absolute Gasteiger partial charge is 0.471 e. The molecule has 0 saturated heterocycles. The number of aromatic nitrogens is 2. The monoisotopic (exact) mass is 366 g/mol. The number of hydrogen-bond acceptors (Lipinski definition) is 6.